The first-order chi connectivity index (χ1) is 9.58. The number of hydrogen-bond donors (Lipinski definition) is 0. The van der Waals surface area contributed by atoms with Crippen molar-refractivity contribution in [3.05, 3.63) is 65.1 Å². The molecule has 3 aromatic rings. The Kier molecular flexibility index (Phi) is 3.09. The number of benzene rings is 1. The molecular weight excluding hydrogens is 244 g/mol. The maximum atomic E-state index is 2.30. The lowest BCUT2D eigenvalue weighted by atomic mass is 10.1. The van der Waals surface area contributed by atoms with Gasteiger partial charge in [0.1, 0.15) is 7.05 Å². The van der Waals surface area contributed by atoms with E-state index in [0.717, 1.165) is 6.42 Å². The first kappa shape index (κ1) is 12.9. The van der Waals surface area contributed by atoms with Gasteiger partial charge in [-0.25, -0.2) is 4.57 Å². The number of fused-ring (bicyclic) bond motifs is 1. The quantitative estimate of drug-likeness (QED) is 0.629. The van der Waals surface area contributed by atoms with Crippen LogP contribution in [0.5, 0.6) is 0 Å². The van der Waals surface area contributed by atoms with Crippen molar-refractivity contribution in [1.29, 1.82) is 0 Å². The van der Waals surface area contributed by atoms with Crippen molar-refractivity contribution in [2.45, 2.75) is 20.3 Å². The Morgan fingerprint density at radius 2 is 1.85 bits per heavy atom. The van der Waals surface area contributed by atoms with Crippen molar-refractivity contribution in [2.75, 3.05) is 0 Å². The highest BCUT2D eigenvalue weighted by Crippen LogP contribution is 2.21. The normalized spacial score (nSPS) is 11.2. The highest BCUT2D eigenvalue weighted by Gasteiger charge is 2.16. The summed E-state index contributed by atoms with van der Waals surface area (Å²) in [4.78, 5) is 0. The lowest BCUT2D eigenvalue weighted by Gasteiger charge is -2.08. The zero-order valence-electron chi connectivity index (χ0n) is 12.6. The van der Waals surface area contributed by atoms with E-state index < -0.39 is 0 Å². The molecule has 0 N–H and O–H groups in total. The number of aromatic nitrogens is 2. The summed E-state index contributed by atoms with van der Waals surface area (Å²) in [7, 11) is 4.28. The zero-order valence-corrected chi connectivity index (χ0v) is 12.6. The molecule has 0 amide bonds. The molecule has 0 spiro atoms. The average molecular weight is 265 g/mol. The fourth-order valence-electron chi connectivity index (χ4n) is 2.88. The second-order valence-electron chi connectivity index (χ2n) is 5.61. The zero-order chi connectivity index (χ0) is 14.3. The van der Waals surface area contributed by atoms with Crippen LogP contribution in [0.25, 0.3) is 10.9 Å². The van der Waals surface area contributed by atoms with E-state index in [1.54, 1.807) is 0 Å². The Morgan fingerprint density at radius 3 is 2.60 bits per heavy atom. The van der Waals surface area contributed by atoms with Crippen LogP contribution >= 0.6 is 0 Å². The van der Waals surface area contributed by atoms with Gasteiger partial charge in [0.2, 0.25) is 0 Å². The van der Waals surface area contributed by atoms with E-state index in [4.69, 9.17) is 0 Å². The Morgan fingerprint density at radius 1 is 1.10 bits per heavy atom. The van der Waals surface area contributed by atoms with Crippen molar-refractivity contribution >= 4 is 10.9 Å². The summed E-state index contributed by atoms with van der Waals surface area (Å²) in [5, 5.41) is 1.32. The minimum atomic E-state index is 0.967. The highest BCUT2D eigenvalue weighted by atomic mass is 15.0. The number of aryl methyl sites for hydroxylation is 3. The van der Waals surface area contributed by atoms with Crippen LogP contribution in [0.1, 0.15) is 22.5 Å². The number of pyridine rings is 1. The molecule has 2 heterocycles. The van der Waals surface area contributed by atoms with Crippen molar-refractivity contribution in [2.24, 2.45) is 14.1 Å². The monoisotopic (exact) mass is 265 g/mol. The first-order valence-electron chi connectivity index (χ1n) is 7.06. The van der Waals surface area contributed by atoms with Crippen molar-refractivity contribution < 1.29 is 4.57 Å². The lowest BCUT2D eigenvalue weighted by molar-refractivity contribution is -0.679. The molecule has 2 nitrogen and oxygen atoms in total. The third-order valence-corrected chi connectivity index (χ3v) is 4.40. The molecule has 0 saturated carbocycles. The average Bonchev–Trinajstić information content (AvgIpc) is 2.76. The molecule has 0 fully saturated rings. The van der Waals surface area contributed by atoms with Crippen LogP contribution in [0, 0.1) is 13.8 Å². The molecule has 0 aliphatic heterocycles. The molecule has 2 aromatic heterocycles. The molecule has 20 heavy (non-hydrogen) atoms. The minimum absolute atomic E-state index is 0.967. The third kappa shape index (κ3) is 2.01. The molecule has 0 aliphatic rings. The van der Waals surface area contributed by atoms with E-state index in [-0.39, 0.29) is 0 Å². The minimum Gasteiger partial charge on any atom is -0.347 e. The van der Waals surface area contributed by atoms with Gasteiger partial charge in [0.15, 0.2) is 11.9 Å². The maximum absolute atomic E-state index is 2.30. The molecule has 0 unspecified atom stereocenters. The molecule has 0 aliphatic carbocycles. The van der Waals surface area contributed by atoms with Crippen LogP contribution in [-0.2, 0) is 20.5 Å². The lowest BCUT2D eigenvalue weighted by Crippen LogP contribution is -2.34. The first-order valence-corrected chi connectivity index (χ1v) is 7.06. The smallest absolute Gasteiger partial charge is 0.190 e. The molecule has 0 bridgehead atoms. The van der Waals surface area contributed by atoms with Gasteiger partial charge >= 0.3 is 0 Å². The Labute approximate surface area is 120 Å². The second-order valence-corrected chi connectivity index (χ2v) is 5.61. The molecule has 0 radical (unpaired) electrons. The largest absolute Gasteiger partial charge is 0.347 e. The third-order valence-electron chi connectivity index (χ3n) is 4.40. The van der Waals surface area contributed by atoms with Gasteiger partial charge in [-0.3, -0.25) is 0 Å². The van der Waals surface area contributed by atoms with Crippen LogP contribution in [0.15, 0.2) is 42.6 Å². The van der Waals surface area contributed by atoms with E-state index in [2.05, 4.69) is 79.7 Å². The molecule has 3 rings (SSSR count). The van der Waals surface area contributed by atoms with Crippen LogP contribution in [-0.4, -0.2) is 4.57 Å². The summed E-state index contributed by atoms with van der Waals surface area (Å²) >= 11 is 0. The van der Waals surface area contributed by atoms with Crippen molar-refractivity contribution in [1.82, 2.24) is 4.57 Å². The summed E-state index contributed by atoms with van der Waals surface area (Å²) in [6, 6.07) is 13.1. The van der Waals surface area contributed by atoms with Crippen LogP contribution < -0.4 is 4.57 Å². The molecule has 102 valence electrons. The van der Waals surface area contributed by atoms with Crippen LogP contribution in [0.4, 0.5) is 0 Å². The van der Waals surface area contributed by atoms with Gasteiger partial charge in [0, 0.05) is 29.9 Å². The SMILES string of the molecule is Cc1cc[n+](C)c(Cc2cc3ccccc3n2C)c1C. The Hall–Kier alpha value is -2.09. The summed E-state index contributed by atoms with van der Waals surface area (Å²) in [6.45, 7) is 4.40. The van der Waals surface area contributed by atoms with Crippen LogP contribution in [0.3, 0.4) is 0 Å². The van der Waals surface area contributed by atoms with Crippen molar-refractivity contribution in [3.63, 3.8) is 0 Å². The Balaban J connectivity index is 2.10. The summed E-state index contributed by atoms with van der Waals surface area (Å²) in [6.07, 6.45) is 3.12. The molecule has 2 heteroatoms. The van der Waals surface area contributed by atoms with Gasteiger partial charge < -0.3 is 4.57 Å². The van der Waals surface area contributed by atoms with E-state index in [1.165, 1.54) is 33.4 Å². The van der Waals surface area contributed by atoms with Gasteiger partial charge in [-0.15, -0.1) is 0 Å². The van der Waals surface area contributed by atoms with Gasteiger partial charge in [-0.05, 0) is 36.9 Å². The topological polar surface area (TPSA) is 8.81 Å². The maximum Gasteiger partial charge on any atom is 0.190 e. The molecule has 0 atom stereocenters. The second kappa shape index (κ2) is 4.78. The fraction of sp³-hybridized carbons (Fsp3) is 0.278. The van der Waals surface area contributed by atoms with Gasteiger partial charge in [-0.1, -0.05) is 18.2 Å². The summed E-state index contributed by atoms with van der Waals surface area (Å²) < 4.78 is 4.54. The van der Waals surface area contributed by atoms with E-state index >= 15 is 0 Å². The predicted molar refractivity (Wildman–Crippen MR) is 82.8 cm³/mol. The molecular formula is C18H21N2+. The highest BCUT2D eigenvalue weighted by molar-refractivity contribution is 5.81. The molecule has 1 aromatic carbocycles. The number of nitrogens with zero attached hydrogens (tertiary/aromatic N) is 2. The van der Waals surface area contributed by atoms with Gasteiger partial charge in [0.25, 0.3) is 0 Å². The van der Waals surface area contributed by atoms with E-state index in [0.29, 0.717) is 0 Å². The summed E-state index contributed by atoms with van der Waals surface area (Å²) in [5.74, 6) is 0. The summed E-state index contributed by atoms with van der Waals surface area (Å²) in [5.41, 5.74) is 6.79. The Bertz CT molecular complexity index is 781. The van der Waals surface area contributed by atoms with Crippen LogP contribution in [0.2, 0.25) is 0 Å². The van der Waals surface area contributed by atoms with Gasteiger partial charge in [0.05, 0.1) is 6.42 Å². The van der Waals surface area contributed by atoms with E-state index in [9.17, 15) is 0 Å². The van der Waals surface area contributed by atoms with Crippen molar-refractivity contribution in [3.8, 4) is 0 Å². The van der Waals surface area contributed by atoms with Gasteiger partial charge in [-0.2, -0.15) is 0 Å². The molecule has 0 saturated heterocycles. The predicted octanol–water partition coefficient (Wildman–Crippen LogP) is 3.21. The number of hydrogen-bond acceptors (Lipinski definition) is 0. The number of rotatable bonds is 2. The fourth-order valence-corrected chi connectivity index (χ4v) is 2.88. The number of para-hydroxylation sites is 1. The standard InChI is InChI=1S/C18H21N2/c1-13-9-10-19(3)18(14(13)2)12-16-11-15-7-5-6-8-17(15)20(16)4/h5-11H,12H2,1-4H3/q+1. The van der Waals surface area contributed by atoms with E-state index in [1.807, 2.05) is 0 Å².